The lowest BCUT2D eigenvalue weighted by atomic mass is 10.0. The van der Waals surface area contributed by atoms with Crippen molar-refractivity contribution in [2.24, 2.45) is 0 Å². The molecule has 3 amide bonds. The number of hydrogen-bond acceptors (Lipinski definition) is 2. The average Bonchev–Trinajstić information content (AvgIpc) is 2.86. The maximum Gasteiger partial charge on any atom is 0.315 e. The van der Waals surface area contributed by atoms with Gasteiger partial charge in [-0.25, -0.2) is 4.79 Å². The fourth-order valence-corrected chi connectivity index (χ4v) is 2.87. The van der Waals surface area contributed by atoms with E-state index in [4.69, 9.17) is 0 Å². The van der Waals surface area contributed by atoms with Crippen LogP contribution in [0.3, 0.4) is 0 Å². The summed E-state index contributed by atoms with van der Waals surface area (Å²) in [5.74, 6) is 0.130. The number of carbonyl (C=O) groups excluding carboxylic acids is 2. The average molecular weight is 317 g/mol. The summed E-state index contributed by atoms with van der Waals surface area (Å²) in [6.07, 6.45) is 5.38. The van der Waals surface area contributed by atoms with Crippen molar-refractivity contribution in [1.29, 1.82) is 0 Å². The fraction of sp³-hybridized carbons (Fsp3) is 0.556. The van der Waals surface area contributed by atoms with E-state index in [-0.39, 0.29) is 24.0 Å². The van der Waals surface area contributed by atoms with Crippen LogP contribution in [0.2, 0.25) is 0 Å². The van der Waals surface area contributed by atoms with Crippen molar-refractivity contribution in [3.63, 3.8) is 0 Å². The van der Waals surface area contributed by atoms with Gasteiger partial charge in [0, 0.05) is 19.0 Å². The summed E-state index contributed by atoms with van der Waals surface area (Å²) >= 11 is 0. The van der Waals surface area contributed by atoms with E-state index in [1.165, 1.54) is 5.56 Å². The van der Waals surface area contributed by atoms with Gasteiger partial charge in [-0.05, 0) is 31.7 Å². The van der Waals surface area contributed by atoms with E-state index < -0.39 is 0 Å². The largest absolute Gasteiger partial charge is 0.356 e. The Bertz CT molecular complexity index is 504. The third-order valence-electron chi connectivity index (χ3n) is 4.28. The normalized spacial score (nSPS) is 20.0. The maximum absolute atomic E-state index is 11.8. The van der Waals surface area contributed by atoms with Gasteiger partial charge in [0.2, 0.25) is 5.91 Å². The van der Waals surface area contributed by atoms with Crippen LogP contribution in [-0.2, 0) is 11.2 Å². The summed E-state index contributed by atoms with van der Waals surface area (Å²) in [4.78, 5) is 22.9. The lowest BCUT2D eigenvalue weighted by Gasteiger charge is -2.13. The van der Waals surface area contributed by atoms with Crippen LogP contribution < -0.4 is 16.0 Å². The zero-order chi connectivity index (χ0) is 16.5. The zero-order valence-corrected chi connectivity index (χ0v) is 13.8. The summed E-state index contributed by atoms with van der Waals surface area (Å²) in [7, 11) is 0. The van der Waals surface area contributed by atoms with Gasteiger partial charge in [0.05, 0.1) is 6.04 Å². The van der Waals surface area contributed by atoms with Gasteiger partial charge in [-0.1, -0.05) is 43.2 Å². The highest BCUT2D eigenvalue weighted by molar-refractivity contribution is 5.77. The van der Waals surface area contributed by atoms with Crippen LogP contribution in [0.25, 0.3) is 0 Å². The molecule has 1 aliphatic heterocycles. The Hall–Kier alpha value is -2.04. The van der Waals surface area contributed by atoms with Crippen molar-refractivity contribution >= 4 is 11.9 Å². The molecule has 1 aliphatic rings. The lowest BCUT2D eigenvalue weighted by Crippen LogP contribution is -2.30. The van der Waals surface area contributed by atoms with Gasteiger partial charge >= 0.3 is 6.03 Å². The Labute approximate surface area is 138 Å². The Kier molecular flexibility index (Phi) is 6.91. The van der Waals surface area contributed by atoms with Crippen LogP contribution in [0.15, 0.2) is 30.3 Å². The second-order valence-corrected chi connectivity index (χ2v) is 6.20. The highest BCUT2D eigenvalue weighted by Crippen LogP contribution is 2.11. The van der Waals surface area contributed by atoms with Gasteiger partial charge in [-0.3, -0.25) is 4.79 Å². The number of amides is 3. The molecule has 0 spiro atoms. The molecule has 0 radical (unpaired) electrons. The number of nitrogens with one attached hydrogen (secondary N) is 3. The van der Waals surface area contributed by atoms with Gasteiger partial charge in [-0.15, -0.1) is 0 Å². The smallest absolute Gasteiger partial charge is 0.315 e. The molecule has 126 valence electrons. The van der Waals surface area contributed by atoms with E-state index in [2.05, 4.69) is 28.1 Å². The molecule has 23 heavy (non-hydrogen) atoms. The molecule has 5 nitrogen and oxygen atoms in total. The first-order chi connectivity index (χ1) is 11.1. The van der Waals surface area contributed by atoms with E-state index in [9.17, 15) is 9.59 Å². The second-order valence-electron chi connectivity index (χ2n) is 6.20. The number of carbonyl (C=O) groups is 2. The molecule has 2 atom stereocenters. The number of urea groups is 1. The molecule has 0 aliphatic carbocycles. The minimum atomic E-state index is -0.0692. The van der Waals surface area contributed by atoms with Gasteiger partial charge < -0.3 is 16.0 Å². The molecule has 3 N–H and O–H groups in total. The zero-order valence-electron chi connectivity index (χ0n) is 13.8. The van der Waals surface area contributed by atoms with Crippen LogP contribution in [-0.4, -0.2) is 30.6 Å². The van der Waals surface area contributed by atoms with Crippen LogP contribution in [0, 0.1) is 0 Å². The van der Waals surface area contributed by atoms with Crippen molar-refractivity contribution in [3.05, 3.63) is 35.9 Å². The van der Waals surface area contributed by atoms with E-state index in [1.807, 2.05) is 25.1 Å². The predicted molar refractivity (Wildman–Crippen MR) is 91.2 cm³/mol. The van der Waals surface area contributed by atoms with Crippen molar-refractivity contribution in [3.8, 4) is 0 Å². The Morgan fingerprint density at radius 3 is 2.61 bits per heavy atom. The highest BCUT2D eigenvalue weighted by atomic mass is 16.2. The summed E-state index contributed by atoms with van der Waals surface area (Å²) in [6, 6.07) is 10.5. The summed E-state index contributed by atoms with van der Waals surface area (Å²) in [5.41, 5.74) is 1.24. The molecule has 0 unspecified atom stereocenters. The molecule has 0 saturated carbocycles. The molecule has 1 fully saturated rings. The van der Waals surface area contributed by atoms with E-state index in [0.717, 1.165) is 32.1 Å². The van der Waals surface area contributed by atoms with Gasteiger partial charge in [-0.2, -0.15) is 0 Å². The first-order valence-electron chi connectivity index (χ1n) is 8.53. The third kappa shape index (κ3) is 6.30. The number of rotatable bonds is 9. The first kappa shape index (κ1) is 17.3. The second kappa shape index (κ2) is 9.18. The van der Waals surface area contributed by atoms with Crippen molar-refractivity contribution < 1.29 is 9.59 Å². The van der Waals surface area contributed by atoms with Crippen molar-refractivity contribution in [2.75, 3.05) is 6.54 Å². The molecule has 1 aromatic carbocycles. The summed E-state index contributed by atoms with van der Waals surface area (Å²) < 4.78 is 0. The van der Waals surface area contributed by atoms with Gasteiger partial charge in [0.1, 0.15) is 0 Å². The Morgan fingerprint density at radius 2 is 1.91 bits per heavy atom. The van der Waals surface area contributed by atoms with E-state index >= 15 is 0 Å². The molecule has 1 aromatic rings. The number of benzene rings is 1. The molecule has 1 saturated heterocycles. The maximum atomic E-state index is 11.8. The van der Waals surface area contributed by atoms with Gasteiger partial charge in [0.25, 0.3) is 0 Å². The minimum Gasteiger partial charge on any atom is -0.356 e. The van der Waals surface area contributed by atoms with Crippen LogP contribution >= 0.6 is 0 Å². The number of unbranched alkanes of at least 4 members (excludes halogenated alkanes) is 2. The summed E-state index contributed by atoms with van der Waals surface area (Å²) in [5, 5.41) is 8.74. The molecular weight excluding hydrogens is 290 g/mol. The number of hydrogen-bond donors (Lipinski definition) is 3. The van der Waals surface area contributed by atoms with Crippen LogP contribution in [0.1, 0.15) is 44.6 Å². The molecule has 5 heteroatoms. The molecular formula is C18H27N3O2. The van der Waals surface area contributed by atoms with Crippen LogP contribution in [0.4, 0.5) is 4.79 Å². The molecule has 1 heterocycles. The predicted octanol–water partition coefficient (Wildman–Crippen LogP) is 2.37. The van der Waals surface area contributed by atoms with Crippen molar-refractivity contribution in [2.45, 2.75) is 57.5 Å². The minimum absolute atomic E-state index is 0.0692. The van der Waals surface area contributed by atoms with Crippen molar-refractivity contribution in [1.82, 2.24) is 16.0 Å². The molecule has 0 aromatic heterocycles. The fourth-order valence-electron chi connectivity index (χ4n) is 2.87. The molecule has 0 bridgehead atoms. The summed E-state index contributed by atoms with van der Waals surface area (Å²) in [6.45, 7) is 2.71. The Morgan fingerprint density at radius 1 is 1.13 bits per heavy atom. The van der Waals surface area contributed by atoms with Gasteiger partial charge in [0.15, 0.2) is 0 Å². The van der Waals surface area contributed by atoms with Crippen LogP contribution in [0.5, 0.6) is 0 Å². The lowest BCUT2D eigenvalue weighted by molar-refractivity contribution is -0.121. The topological polar surface area (TPSA) is 70.2 Å². The monoisotopic (exact) mass is 317 g/mol. The third-order valence-corrected chi connectivity index (χ3v) is 4.28. The van der Waals surface area contributed by atoms with E-state index in [0.29, 0.717) is 13.0 Å². The Balaban J connectivity index is 1.48. The molecule has 2 rings (SSSR count). The first-order valence-corrected chi connectivity index (χ1v) is 8.53. The van der Waals surface area contributed by atoms with E-state index in [1.54, 1.807) is 0 Å². The highest BCUT2D eigenvalue weighted by Gasteiger charge is 2.26. The standard InChI is InChI=1S/C18H27N3O2/c1-14-16(21-18(23)20-14)10-6-3-7-11-17(22)19-13-12-15-8-4-2-5-9-15/h2,4-5,8-9,14,16H,3,6-7,10-13H2,1H3,(H,19,22)(H2,20,21,23)/t14-,16+/m0/s1. The SMILES string of the molecule is C[C@@H]1NC(=O)N[C@@H]1CCCCCC(=O)NCCc1ccccc1. The quantitative estimate of drug-likeness (QED) is 0.612.